The van der Waals surface area contributed by atoms with Gasteiger partial charge in [-0.2, -0.15) is 0 Å². The Hall–Kier alpha value is -3.57. The number of carbonyl (C=O) groups is 5. The van der Waals surface area contributed by atoms with Gasteiger partial charge in [0.25, 0.3) is 0 Å². The second-order valence-corrected chi connectivity index (χ2v) is 16.6. The van der Waals surface area contributed by atoms with Crippen LogP contribution in [-0.4, -0.2) is 78.5 Å². The van der Waals surface area contributed by atoms with Crippen LogP contribution in [0.25, 0.3) is 0 Å². The first-order valence-corrected chi connectivity index (χ1v) is 17.3. The molecule has 3 aliphatic heterocycles. The first-order chi connectivity index (χ1) is 22.9. The summed E-state index contributed by atoms with van der Waals surface area (Å²) in [7, 11) is 1.24. The molecule has 11 heteroatoms. The van der Waals surface area contributed by atoms with Crippen molar-refractivity contribution in [3.63, 3.8) is 0 Å². The monoisotopic (exact) mass is 678 g/mol. The Balaban J connectivity index is 1.46. The molecule has 5 fully saturated rings. The van der Waals surface area contributed by atoms with E-state index in [-0.39, 0.29) is 55.0 Å². The maximum atomic E-state index is 14.2. The summed E-state index contributed by atoms with van der Waals surface area (Å²) in [5.74, 6) is -4.46. The number of hydrogen-bond donors (Lipinski definition) is 1. The molecule has 0 amide bonds. The van der Waals surface area contributed by atoms with Crippen LogP contribution in [0, 0.1) is 39.4 Å². The van der Waals surface area contributed by atoms with Crippen molar-refractivity contribution < 1.29 is 52.8 Å². The van der Waals surface area contributed by atoms with Crippen molar-refractivity contribution in [1.82, 2.24) is 0 Å². The van der Waals surface area contributed by atoms with Crippen molar-refractivity contribution in [2.45, 2.75) is 104 Å². The molecule has 1 N–H and O–H groups in total. The zero-order valence-corrected chi connectivity index (χ0v) is 29.2. The highest BCUT2D eigenvalue weighted by atomic mass is 16.6. The van der Waals surface area contributed by atoms with Gasteiger partial charge in [-0.3, -0.25) is 19.2 Å². The number of ether oxygens (including phenoxy) is 5. The molecule has 1 spiro atoms. The molecule has 264 valence electrons. The second-order valence-electron chi connectivity index (χ2n) is 16.6. The molecule has 3 saturated heterocycles. The zero-order valence-electron chi connectivity index (χ0n) is 29.2. The predicted octanol–water partition coefficient (Wildman–Crippen LogP) is 4.70. The Bertz CT molecular complexity index is 1660. The summed E-state index contributed by atoms with van der Waals surface area (Å²) in [6, 6.07) is 8.81. The highest BCUT2D eigenvalue weighted by Crippen LogP contribution is 2.78. The van der Waals surface area contributed by atoms with Crippen LogP contribution in [0.5, 0.6) is 0 Å². The zero-order chi connectivity index (χ0) is 35.5. The lowest BCUT2D eigenvalue weighted by molar-refractivity contribution is -0.228. The SMILES string of the molecule is COC(=O)[C@H](C1=C2[C@H]3O[C@H]3[C@@H]3[C@@]45COC(=O)C[C@@H]4OC(C)(C)[C@@H]5C[C@@H](OC(=O)c4ccccc4)[C@@]3(C)[C@]2(C)CCC1=O)C(C)(C)CC(=O)O. The maximum Gasteiger partial charge on any atom is 0.338 e. The van der Waals surface area contributed by atoms with E-state index in [1.165, 1.54) is 7.11 Å². The van der Waals surface area contributed by atoms with Crippen molar-refractivity contribution in [1.29, 1.82) is 0 Å². The summed E-state index contributed by atoms with van der Waals surface area (Å²) >= 11 is 0. The van der Waals surface area contributed by atoms with E-state index in [2.05, 4.69) is 13.8 Å². The molecule has 6 aliphatic rings. The number of fused-ring (bicyclic) bond motifs is 6. The van der Waals surface area contributed by atoms with E-state index in [1.54, 1.807) is 38.1 Å². The van der Waals surface area contributed by atoms with Gasteiger partial charge in [0.05, 0.1) is 49.2 Å². The van der Waals surface area contributed by atoms with Gasteiger partial charge in [-0.25, -0.2) is 4.79 Å². The average molecular weight is 679 g/mol. The third-order valence-electron chi connectivity index (χ3n) is 13.4. The van der Waals surface area contributed by atoms with Gasteiger partial charge in [0.15, 0.2) is 5.78 Å². The van der Waals surface area contributed by atoms with Crippen LogP contribution in [0.1, 0.15) is 84.0 Å². The predicted molar refractivity (Wildman–Crippen MR) is 172 cm³/mol. The third-order valence-corrected chi connectivity index (χ3v) is 13.4. The number of methoxy groups -OCH3 is 1. The number of Topliss-reactive ketones (excluding diaryl/α,β-unsaturated/α-hetero) is 1. The highest BCUT2D eigenvalue weighted by Gasteiger charge is 2.83. The van der Waals surface area contributed by atoms with E-state index in [0.717, 1.165) is 0 Å². The number of hydrogen-bond acceptors (Lipinski definition) is 10. The Morgan fingerprint density at radius 3 is 2.43 bits per heavy atom. The molecular weight excluding hydrogens is 632 g/mol. The van der Waals surface area contributed by atoms with Gasteiger partial charge in [0.1, 0.15) is 18.8 Å². The first-order valence-electron chi connectivity index (χ1n) is 17.3. The van der Waals surface area contributed by atoms with E-state index in [9.17, 15) is 29.1 Å². The Morgan fingerprint density at radius 1 is 1.08 bits per heavy atom. The van der Waals surface area contributed by atoms with Gasteiger partial charge in [-0.15, -0.1) is 0 Å². The fraction of sp³-hybridized carbons (Fsp3) is 0.658. The molecule has 49 heavy (non-hydrogen) atoms. The molecule has 3 heterocycles. The maximum absolute atomic E-state index is 14.2. The minimum atomic E-state index is -1.18. The summed E-state index contributed by atoms with van der Waals surface area (Å²) in [6.45, 7) is 11.7. The lowest BCUT2D eigenvalue weighted by atomic mass is 9.36. The average Bonchev–Trinajstić information content (AvgIpc) is 3.76. The number of benzene rings is 1. The van der Waals surface area contributed by atoms with Crippen molar-refractivity contribution in [2.24, 2.45) is 39.4 Å². The van der Waals surface area contributed by atoms with E-state index >= 15 is 0 Å². The molecule has 0 bridgehead atoms. The molecule has 2 saturated carbocycles. The summed E-state index contributed by atoms with van der Waals surface area (Å²) in [5.41, 5.74) is -2.95. The van der Waals surface area contributed by atoms with Gasteiger partial charge in [0, 0.05) is 40.1 Å². The number of carboxylic acids is 1. The molecule has 0 radical (unpaired) electrons. The van der Waals surface area contributed by atoms with Crippen molar-refractivity contribution in [3.8, 4) is 0 Å². The van der Waals surface area contributed by atoms with Crippen molar-refractivity contribution >= 4 is 29.7 Å². The van der Waals surface area contributed by atoms with Crippen LogP contribution in [0.15, 0.2) is 41.5 Å². The largest absolute Gasteiger partial charge is 0.481 e. The fourth-order valence-corrected chi connectivity index (χ4v) is 11.3. The number of rotatable bonds is 7. The summed E-state index contributed by atoms with van der Waals surface area (Å²) < 4.78 is 31.2. The molecule has 0 unspecified atom stereocenters. The molecule has 0 aromatic heterocycles. The molecule has 10 atom stereocenters. The van der Waals surface area contributed by atoms with Crippen LogP contribution in [-0.2, 0) is 42.9 Å². The van der Waals surface area contributed by atoms with E-state index in [1.807, 2.05) is 19.9 Å². The number of esters is 3. The van der Waals surface area contributed by atoms with Gasteiger partial charge in [-0.1, -0.05) is 45.9 Å². The minimum Gasteiger partial charge on any atom is -0.481 e. The van der Waals surface area contributed by atoms with E-state index < -0.39 is 75.5 Å². The van der Waals surface area contributed by atoms with Crippen molar-refractivity contribution in [2.75, 3.05) is 13.7 Å². The summed E-state index contributed by atoms with van der Waals surface area (Å²) in [5, 5.41) is 9.85. The molecule has 3 aliphatic carbocycles. The number of carbonyl (C=O) groups excluding carboxylic acids is 4. The Morgan fingerprint density at radius 2 is 1.78 bits per heavy atom. The first kappa shape index (κ1) is 33.9. The van der Waals surface area contributed by atoms with Gasteiger partial charge >= 0.3 is 23.9 Å². The molecule has 1 aromatic rings. The van der Waals surface area contributed by atoms with Crippen molar-refractivity contribution in [3.05, 3.63) is 47.0 Å². The normalized spacial score (nSPS) is 39.2. The minimum absolute atomic E-state index is 0.0926. The standard InChI is InChI=1S/C38H46O11/c1-34(2,17-24(40)41)28(33(44)45-7)26-20(39)13-14-36(5)27(26)29-30(48-29)31-37(36,6)22(47-32(43)19-11-9-8-10-12-19)15-21-35(3,4)49-23-16-25(42)46-18-38(21,23)31/h8-12,21-23,28-31H,13-18H2,1-7H3,(H,40,41)/t21-,22+,23-,28-,29+,30+,31-,36+,37+,38+/m0/s1. The van der Waals surface area contributed by atoms with Gasteiger partial charge in [-0.05, 0) is 49.8 Å². The summed E-state index contributed by atoms with van der Waals surface area (Å²) in [6.07, 6.45) is -1.50. The second kappa shape index (κ2) is 11.0. The van der Waals surface area contributed by atoms with Crippen LogP contribution in [0.4, 0.5) is 0 Å². The van der Waals surface area contributed by atoms with E-state index in [0.29, 0.717) is 24.0 Å². The fourth-order valence-electron chi connectivity index (χ4n) is 11.3. The van der Waals surface area contributed by atoms with Gasteiger partial charge in [0.2, 0.25) is 0 Å². The molecule has 11 nitrogen and oxygen atoms in total. The Kier molecular flexibility index (Phi) is 7.59. The van der Waals surface area contributed by atoms with Crippen LogP contribution in [0.3, 0.4) is 0 Å². The number of cyclic esters (lactones) is 1. The number of epoxide rings is 1. The topological polar surface area (TPSA) is 155 Å². The smallest absolute Gasteiger partial charge is 0.338 e. The number of carboxylic acid groups (broad SMARTS) is 1. The summed E-state index contributed by atoms with van der Waals surface area (Å²) in [4.78, 5) is 66.6. The molecule has 7 rings (SSSR count). The lowest BCUT2D eigenvalue weighted by Crippen LogP contribution is -2.71. The third kappa shape index (κ3) is 4.63. The Labute approximate surface area is 286 Å². The highest BCUT2D eigenvalue weighted by molar-refractivity contribution is 6.03. The molecule has 1 aromatic carbocycles. The number of ketones is 1. The van der Waals surface area contributed by atoms with Crippen LogP contribution in [0.2, 0.25) is 0 Å². The molecular formula is C38H46O11. The van der Waals surface area contributed by atoms with Crippen LogP contribution < -0.4 is 0 Å². The van der Waals surface area contributed by atoms with Gasteiger partial charge < -0.3 is 28.8 Å². The lowest BCUT2D eigenvalue weighted by Gasteiger charge is -2.67. The van der Waals surface area contributed by atoms with E-state index in [4.69, 9.17) is 23.7 Å². The quantitative estimate of drug-likeness (QED) is 0.242. The van der Waals surface area contributed by atoms with Crippen LogP contribution >= 0.6 is 0 Å². The number of aliphatic carboxylic acids is 1.